The van der Waals surface area contributed by atoms with Crippen molar-refractivity contribution in [2.45, 2.75) is 0 Å². The maximum Gasteiger partial charge on any atom is 0.145 e. The molecule has 0 bridgehead atoms. The van der Waals surface area contributed by atoms with E-state index in [1.807, 2.05) is 18.6 Å². The lowest BCUT2D eigenvalue weighted by atomic mass is 10.0. The van der Waals surface area contributed by atoms with Crippen molar-refractivity contribution in [1.29, 1.82) is 0 Å². The number of benzene rings is 6. The third kappa shape index (κ3) is 4.03. The summed E-state index contributed by atoms with van der Waals surface area (Å²) in [6.45, 7) is 0. The lowest BCUT2D eigenvalue weighted by Gasteiger charge is -2.15. The third-order valence-corrected chi connectivity index (χ3v) is 10.4. The first-order valence-corrected chi connectivity index (χ1v) is 17.2. The number of aromatic nitrogens is 5. The molecule has 5 aromatic heterocycles. The van der Waals surface area contributed by atoms with Crippen LogP contribution in [-0.2, 0) is 0 Å². The predicted octanol–water partition coefficient (Wildman–Crippen LogP) is 11.4. The minimum atomic E-state index is 0.926. The van der Waals surface area contributed by atoms with Crippen molar-refractivity contribution in [2.24, 2.45) is 0 Å². The zero-order valence-corrected chi connectivity index (χ0v) is 27.5. The summed E-state index contributed by atoms with van der Waals surface area (Å²) in [5.41, 5.74) is 12.3. The van der Waals surface area contributed by atoms with Gasteiger partial charge in [0.2, 0.25) is 0 Å². The van der Waals surface area contributed by atoms with E-state index in [0.717, 1.165) is 55.6 Å². The first-order valence-electron chi connectivity index (χ1n) is 17.2. The smallest absolute Gasteiger partial charge is 0.145 e. The molecule has 0 N–H and O–H groups in total. The number of fused-ring (bicyclic) bond motifs is 9. The Bertz CT molecular complexity index is 3050. The summed E-state index contributed by atoms with van der Waals surface area (Å²) in [5, 5.41) is 7.10. The van der Waals surface area contributed by atoms with E-state index >= 15 is 0 Å². The predicted molar refractivity (Wildman–Crippen MR) is 210 cm³/mol. The normalized spacial score (nSPS) is 11.9. The van der Waals surface area contributed by atoms with Gasteiger partial charge in [0.05, 0.1) is 45.2 Å². The molecule has 0 fully saturated rings. The van der Waals surface area contributed by atoms with Crippen LogP contribution in [-0.4, -0.2) is 23.7 Å². The van der Waals surface area contributed by atoms with Gasteiger partial charge in [-0.3, -0.25) is 9.55 Å². The summed E-state index contributed by atoms with van der Waals surface area (Å²) in [5.74, 6) is 0. The Kier molecular flexibility index (Phi) is 5.89. The van der Waals surface area contributed by atoms with Crippen molar-refractivity contribution < 1.29 is 0 Å². The van der Waals surface area contributed by atoms with Gasteiger partial charge in [0.25, 0.3) is 0 Å². The van der Waals surface area contributed by atoms with Crippen molar-refractivity contribution in [2.75, 3.05) is 0 Å². The Morgan fingerprint density at radius 2 is 0.941 bits per heavy atom. The number of hydrogen-bond donors (Lipinski definition) is 0. The Labute approximate surface area is 292 Å². The minimum absolute atomic E-state index is 0.926. The molecule has 5 nitrogen and oxygen atoms in total. The van der Waals surface area contributed by atoms with Crippen LogP contribution in [0.2, 0.25) is 0 Å². The molecule has 6 aromatic carbocycles. The molecule has 5 heteroatoms. The topological polar surface area (TPSA) is 40.6 Å². The second-order valence-corrected chi connectivity index (χ2v) is 13.1. The van der Waals surface area contributed by atoms with Crippen molar-refractivity contribution in [3.63, 3.8) is 0 Å². The number of para-hydroxylation sites is 5. The highest BCUT2D eigenvalue weighted by atomic mass is 15.1. The molecule has 11 aromatic rings. The van der Waals surface area contributed by atoms with E-state index in [1.165, 1.54) is 38.1 Å². The third-order valence-electron chi connectivity index (χ3n) is 10.4. The summed E-state index contributed by atoms with van der Waals surface area (Å²) < 4.78 is 7.01. The zero-order valence-electron chi connectivity index (χ0n) is 27.5. The van der Waals surface area contributed by atoms with Crippen LogP contribution in [0.15, 0.2) is 176 Å². The highest BCUT2D eigenvalue weighted by Gasteiger charge is 2.19. The van der Waals surface area contributed by atoms with Gasteiger partial charge < -0.3 is 9.13 Å². The monoisotopic (exact) mass is 651 g/mol. The van der Waals surface area contributed by atoms with E-state index in [2.05, 4.69) is 176 Å². The van der Waals surface area contributed by atoms with Gasteiger partial charge in [-0.05, 0) is 60.2 Å². The number of pyridine rings is 2. The van der Waals surface area contributed by atoms with Crippen LogP contribution in [0.25, 0.3) is 93.7 Å². The average molecular weight is 652 g/mol. The molecule has 0 aliphatic heterocycles. The van der Waals surface area contributed by atoms with Gasteiger partial charge in [0, 0.05) is 56.0 Å². The Hall–Kier alpha value is -6.98. The maximum atomic E-state index is 5.22. The highest BCUT2D eigenvalue weighted by molar-refractivity contribution is 6.12. The standard InChI is InChI=1S/C46H29N5/c1-6-19-40(51-43-22-9-2-15-34(43)35-16-3-10-23-44(35)51)33(14-1)30-12-11-13-31(26-30)50-42-21-8-4-17-36(42)38-27-32(28-48-46(38)50)49-41-20-7-5-18-37(41)39-29-47-25-24-45(39)49/h1-29H. The van der Waals surface area contributed by atoms with Gasteiger partial charge in [-0.15, -0.1) is 0 Å². The van der Waals surface area contributed by atoms with E-state index < -0.39 is 0 Å². The summed E-state index contributed by atoms with van der Waals surface area (Å²) in [4.78, 5) is 9.66. The molecule has 0 spiro atoms. The zero-order chi connectivity index (χ0) is 33.5. The summed E-state index contributed by atoms with van der Waals surface area (Å²) in [7, 11) is 0. The van der Waals surface area contributed by atoms with Gasteiger partial charge in [-0.25, -0.2) is 4.98 Å². The first-order chi connectivity index (χ1) is 25.3. The van der Waals surface area contributed by atoms with Gasteiger partial charge in [0.15, 0.2) is 0 Å². The van der Waals surface area contributed by atoms with Gasteiger partial charge in [-0.2, -0.15) is 0 Å². The highest BCUT2D eigenvalue weighted by Crippen LogP contribution is 2.39. The lowest BCUT2D eigenvalue weighted by Crippen LogP contribution is -1.99. The molecule has 0 atom stereocenters. The molecule has 0 saturated carbocycles. The molecule has 0 saturated heterocycles. The Balaban J connectivity index is 1.12. The second-order valence-electron chi connectivity index (χ2n) is 13.1. The molecule has 0 amide bonds. The molecule has 0 radical (unpaired) electrons. The van der Waals surface area contributed by atoms with Crippen LogP contribution in [0, 0.1) is 0 Å². The Morgan fingerprint density at radius 1 is 0.373 bits per heavy atom. The van der Waals surface area contributed by atoms with E-state index in [0.29, 0.717) is 0 Å². The molecule has 0 unspecified atom stereocenters. The maximum absolute atomic E-state index is 5.22. The molecular weight excluding hydrogens is 623 g/mol. The summed E-state index contributed by atoms with van der Waals surface area (Å²) in [6, 6.07) is 56.5. The van der Waals surface area contributed by atoms with Crippen LogP contribution >= 0.6 is 0 Å². The van der Waals surface area contributed by atoms with E-state index in [1.54, 1.807) is 0 Å². The number of rotatable bonds is 4. The number of nitrogens with zero attached hydrogens (tertiary/aromatic N) is 5. The Morgan fingerprint density at radius 3 is 1.67 bits per heavy atom. The fraction of sp³-hybridized carbons (Fsp3) is 0. The SMILES string of the molecule is c1cc(-c2ccccc2-n2c3ccccc3c3ccccc32)cc(-n2c3ccccc3c3cc(-n4c5ccccc5c5cnccc54)cnc32)c1. The van der Waals surface area contributed by atoms with Crippen molar-refractivity contribution in [1.82, 2.24) is 23.7 Å². The van der Waals surface area contributed by atoms with Crippen LogP contribution in [0.3, 0.4) is 0 Å². The average Bonchev–Trinajstić information content (AvgIpc) is 3.84. The van der Waals surface area contributed by atoms with Gasteiger partial charge >= 0.3 is 0 Å². The second kappa shape index (κ2) is 10.8. The molecule has 0 aliphatic rings. The molecule has 5 heterocycles. The van der Waals surface area contributed by atoms with Crippen molar-refractivity contribution in [3.05, 3.63) is 176 Å². The van der Waals surface area contributed by atoms with Crippen LogP contribution in [0.4, 0.5) is 0 Å². The van der Waals surface area contributed by atoms with Crippen LogP contribution in [0.5, 0.6) is 0 Å². The first kappa shape index (κ1) is 27.9. The van der Waals surface area contributed by atoms with Crippen molar-refractivity contribution in [3.8, 4) is 28.2 Å². The number of hydrogen-bond acceptors (Lipinski definition) is 2. The van der Waals surface area contributed by atoms with Crippen molar-refractivity contribution >= 4 is 65.5 Å². The van der Waals surface area contributed by atoms with E-state index in [4.69, 9.17) is 4.98 Å². The largest absolute Gasteiger partial charge is 0.309 e. The molecular formula is C46H29N5. The summed E-state index contributed by atoms with van der Waals surface area (Å²) in [6.07, 6.45) is 5.83. The van der Waals surface area contributed by atoms with Gasteiger partial charge in [0.1, 0.15) is 5.65 Å². The lowest BCUT2D eigenvalue weighted by molar-refractivity contribution is 1.11. The molecule has 0 aliphatic carbocycles. The quantitative estimate of drug-likeness (QED) is 0.190. The van der Waals surface area contributed by atoms with Crippen LogP contribution < -0.4 is 0 Å². The van der Waals surface area contributed by atoms with E-state index in [9.17, 15) is 0 Å². The molecule has 11 rings (SSSR count). The molecule has 51 heavy (non-hydrogen) atoms. The van der Waals surface area contributed by atoms with Crippen LogP contribution in [0.1, 0.15) is 0 Å². The molecule has 238 valence electrons. The fourth-order valence-corrected chi connectivity index (χ4v) is 8.22. The summed E-state index contributed by atoms with van der Waals surface area (Å²) >= 11 is 0. The minimum Gasteiger partial charge on any atom is -0.309 e. The fourth-order valence-electron chi connectivity index (χ4n) is 8.22. The van der Waals surface area contributed by atoms with Gasteiger partial charge in [-0.1, -0.05) is 103 Å². The van der Waals surface area contributed by atoms with E-state index in [-0.39, 0.29) is 0 Å².